The topological polar surface area (TPSA) is 27.7 Å². The van der Waals surface area contributed by atoms with Gasteiger partial charge in [0.15, 0.2) is 0 Å². The lowest BCUT2D eigenvalue weighted by molar-refractivity contribution is 0.0338. The van der Waals surface area contributed by atoms with Crippen LogP contribution in [0.2, 0.25) is 24.7 Å². The number of rotatable bonds is 7. The zero-order chi connectivity index (χ0) is 21.1. The first-order valence-corrected chi connectivity index (χ1v) is 15.7. The molecule has 1 aliphatic heterocycles. The fourth-order valence-electron chi connectivity index (χ4n) is 3.94. The third-order valence-corrected chi connectivity index (χ3v) is 11.0. The molecule has 0 saturated heterocycles. The Kier molecular flexibility index (Phi) is 6.41. The monoisotopic (exact) mass is 426 g/mol. The molecule has 5 heteroatoms. The molecule has 1 atom stereocenters. The van der Waals surface area contributed by atoms with Crippen molar-refractivity contribution < 1.29 is 13.6 Å². The van der Waals surface area contributed by atoms with Crippen molar-refractivity contribution in [1.29, 1.82) is 0 Å². The van der Waals surface area contributed by atoms with Crippen LogP contribution in [0.4, 0.5) is 0 Å². The summed E-state index contributed by atoms with van der Waals surface area (Å²) in [6.45, 7) is 14.0. The molecule has 1 aliphatic rings. The molecular formula is C24H34O3Si2. The number of hydrogen-bond donors (Lipinski definition) is 0. The first-order valence-electron chi connectivity index (χ1n) is 10.4. The Morgan fingerprint density at radius 1 is 0.897 bits per heavy atom. The molecule has 0 spiro atoms. The molecule has 0 saturated carbocycles. The van der Waals surface area contributed by atoms with E-state index in [1.165, 1.54) is 10.4 Å². The molecule has 0 aromatic heterocycles. The summed E-state index contributed by atoms with van der Waals surface area (Å²) in [5.41, 5.74) is 0. The predicted octanol–water partition coefficient (Wildman–Crippen LogP) is 5.04. The molecule has 0 fully saturated rings. The molecule has 3 rings (SSSR count). The predicted molar refractivity (Wildman–Crippen MR) is 126 cm³/mol. The van der Waals surface area contributed by atoms with Crippen LogP contribution in [0.3, 0.4) is 0 Å². The van der Waals surface area contributed by atoms with Crippen molar-refractivity contribution in [3.63, 3.8) is 0 Å². The zero-order valence-electron chi connectivity index (χ0n) is 18.6. The average Bonchev–Trinajstić information content (AvgIpc) is 3.08. The van der Waals surface area contributed by atoms with Crippen LogP contribution >= 0.6 is 0 Å². The van der Waals surface area contributed by atoms with Crippen LogP contribution in [0.15, 0.2) is 72.7 Å². The molecule has 0 aliphatic carbocycles. The van der Waals surface area contributed by atoms with Gasteiger partial charge in [-0.2, -0.15) is 0 Å². The van der Waals surface area contributed by atoms with Gasteiger partial charge in [-0.15, -0.1) is 0 Å². The molecule has 29 heavy (non-hydrogen) atoms. The van der Waals surface area contributed by atoms with Gasteiger partial charge in [-0.1, -0.05) is 81.4 Å². The Balaban J connectivity index is 1.88. The van der Waals surface area contributed by atoms with E-state index in [0.717, 1.165) is 6.42 Å². The van der Waals surface area contributed by atoms with Crippen molar-refractivity contribution in [2.75, 3.05) is 6.61 Å². The maximum Gasteiger partial charge on any atom is 0.261 e. The van der Waals surface area contributed by atoms with E-state index in [1.807, 2.05) is 0 Å². The van der Waals surface area contributed by atoms with E-state index >= 15 is 0 Å². The Labute approximate surface area is 178 Å². The lowest BCUT2D eigenvalue weighted by Gasteiger charge is -2.43. The van der Waals surface area contributed by atoms with E-state index in [1.54, 1.807) is 0 Å². The van der Waals surface area contributed by atoms with Crippen molar-refractivity contribution in [2.45, 2.75) is 58.0 Å². The van der Waals surface area contributed by atoms with E-state index in [4.69, 9.17) is 13.6 Å². The summed E-state index contributed by atoms with van der Waals surface area (Å²) < 4.78 is 19.1. The largest absolute Gasteiger partial charge is 0.520 e. The summed E-state index contributed by atoms with van der Waals surface area (Å²) >= 11 is 0. The molecule has 3 nitrogen and oxygen atoms in total. The third kappa shape index (κ3) is 5.02. The highest BCUT2D eigenvalue weighted by Gasteiger charge is 2.50. The van der Waals surface area contributed by atoms with Crippen LogP contribution in [0.1, 0.15) is 27.2 Å². The first-order chi connectivity index (χ1) is 13.6. The van der Waals surface area contributed by atoms with Crippen molar-refractivity contribution in [3.8, 4) is 0 Å². The number of hydrogen-bond acceptors (Lipinski definition) is 3. The second-order valence-electron chi connectivity index (χ2n) is 9.69. The molecule has 0 radical (unpaired) electrons. The van der Waals surface area contributed by atoms with Crippen molar-refractivity contribution in [1.82, 2.24) is 0 Å². The number of benzene rings is 2. The SMILES string of the molecule is CC(C)(C)[Si](OC[C@@H]1CC=C(O[Si](C)(C)C)O1)(c1ccccc1)c1ccccc1. The molecule has 0 bridgehead atoms. The smallest absolute Gasteiger partial charge is 0.261 e. The Morgan fingerprint density at radius 2 is 1.41 bits per heavy atom. The highest BCUT2D eigenvalue weighted by atomic mass is 28.4. The van der Waals surface area contributed by atoms with Gasteiger partial charge in [0.25, 0.3) is 14.3 Å². The van der Waals surface area contributed by atoms with Gasteiger partial charge >= 0.3 is 0 Å². The van der Waals surface area contributed by atoms with Gasteiger partial charge in [0.1, 0.15) is 6.10 Å². The molecule has 2 aromatic carbocycles. The molecular weight excluding hydrogens is 392 g/mol. The molecule has 0 N–H and O–H groups in total. The third-order valence-electron chi connectivity index (χ3n) is 5.14. The lowest BCUT2D eigenvalue weighted by Crippen LogP contribution is -2.67. The summed E-state index contributed by atoms with van der Waals surface area (Å²) in [6.07, 6.45) is 2.90. The molecule has 1 heterocycles. The Hall–Kier alpha value is -1.83. The van der Waals surface area contributed by atoms with Crippen LogP contribution in [-0.2, 0) is 13.6 Å². The molecule has 156 valence electrons. The van der Waals surface area contributed by atoms with Crippen LogP contribution in [0.25, 0.3) is 0 Å². The van der Waals surface area contributed by atoms with E-state index < -0.39 is 16.6 Å². The molecule has 0 amide bonds. The quantitative estimate of drug-likeness (QED) is 0.580. The fourth-order valence-corrected chi connectivity index (χ4v) is 9.26. The van der Waals surface area contributed by atoms with E-state index in [0.29, 0.717) is 12.6 Å². The maximum absolute atomic E-state index is 6.97. The number of ether oxygens (including phenoxy) is 1. The zero-order valence-corrected chi connectivity index (χ0v) is 20.6. The first kappa shape index (κ1) is 21.9. The van der Waals surface area contributed by atoms with E-state index in [-0.39, 0.29) is 11.1 Å². The summed E-state index contributed by atoms with van der Waals surface area (Å²) in [5, 5.41) is 2.56. The summed E-state index contributed by atoms with van der Waals surface area (Å²) in [6, 6.07) is 21.5. The van der Waals surface area contributed by atoms with Crippen LogP contribution in [0.5, 0.6) is 0 Å². The van der Waals surface area contributed by atoms with Crippen molar-refractivity contribution in [3.05, 3.63) is 72.7 Å². The minimum absolute atomic E-state index is 0.00278. The van der Waals surface area contributed by atoms with Crippen molar-refractivity contribution in [2.24, 2.45) is 0 Å². The summed E-state index contributed by atoms with van der Waals surface area (Å²) in [7, 11) is -4.19. The van der Waals surface area contributed by atoms with Crippen LogP contribution in [-0.4, -0.2) is 29.3 Å². The minimum Gasteiger partial charge on any atom is -0.520 e. The summed E-state index contributed by atoms with van der Waals surface area (Å²) in [4.78, 5) is 0. The molecule has 2 aromatic rings. The minimum atomic E-state index is -2.52. The van der Waals surface area contributed by atoms with Gasteiger partial charge < -0.3 is 13.6 Å². The van der Waals surface area contributed by atoms with Gasteiger partial charge in [0, 0.05) is 6.42 Å². The second kappa shape index (κ2) is 8.50. The van der Waals surface area contributed by atoms with Crippen molar-refractivity contribution >= 4 is 27.0 Å². The maximum atomic E-state index is 6.97. The van der Waals surface area contributed by atoms with Gasteiger partial charge in [-0.25, -0.2) is 0 Å². The Bertz CT molecular complexity index is 781. The lowest BCUT2D eigenvalue weighted by atomic mass is 10.2. The van der Waals surface area contributed by atoms with Crippen LogP contribution in [0, 0.1) is 0 Å². The average molecular weight is 427 g/mol. The second-order valence-corrected chi connectivity index (χ2v) is 18.4. The van der Waals surface area contributed by atoms with Gasteiger partial charge in [-0.3, -0.25) is 0 Å². The molecule has 0 unspecified atom stereocenters. The highest BCUT2D eigenvalue weighted by Crippen LogP contribution is 2.37. The fraction of sp³-hybridized carbons (Fsp3) is 0.417. The highest BCUT2D eigenvalue weighted by molar-refractivity contribution is 6.99. The normalized spacial score (nSPS) is 17.6. The van der Waals surface area contributed by atoms with Gasteiger partial charge in [0.05, 0.1) is 6.61 Å². The van der Waals surface area contributed by atoms with Gasteiger partial charge in [0.2, 0.25) is 8.32 Å². The summed E-state index contributed by atoms with van der Waals surface area (Å²) in [5.74, 6) is 0.681. The van der Waals surface area contributed by atoms with E-state index in [2.05, 4.69) is 107 Å². The Morgan fingerprint density at radius 3 is 1.86 bits per heavy atom. The standard InChI is InChI=1S/C24H34O3Si2/c1-24(2,3)29(21-13-9-7-10-14-21,22-15-11-8-12-16-22)25-19-20-17-18-23(26-20)27-28(4,5)6/h7-16,18,20H,17,19H2,1-6H3/t20-/m0/s1. The van der Waals surface area contributed by atoms with Crippen LogP contribution < -0.4 is 10.4 Å². The van der Waals surface area contributed by atoms with E-state index in [9.17, 15) is 0 Å². The van der Waals surface area contributed by atoms with Gasteiger partial charge in [-0.05, 0) is 41.1 Å².